The van der Waals surface area contributed by atoms with E-state index in [0.717, 1.165) is 42.1 Å². The average Bonchev–Trinajstić information content (AvgIpc) is 3.38. The first-order valence-corrected chi connectivity index (χ1v) is 10.5. The van der Waals surface area contributed by atoms with Crippen molar-refractivity contribution < 1.29 is 4.79 Å². The largest absolute Gasteiger partial charge is 0.335 e. The quantitative estimate of drug-likeness (QED) is 0.607. The molecule has 1 amide bonds. The van der Waals surface area contributed by atoms with Crippen LogP contribution < -0.4 is 0 Å². The molecule has 0 radical (unpaired) electrons. The minimum atomic E-state index is 0.180. The van der Waals surface area contributed by atoms with E-state index in [9.17, 15) is 4.79 Å². The molecule has 0 bridgehead atoms. The monoisotopic (exact) mass is 376 g/mol. The molecule has 0 spiro atoms. The lowest BCUT2D eigenvalue weighted by atomic mass is 10.0. The second-order valence-electron chi connectivity index (χ2n) is 7.03. The van der Waals surface area contributed by atoms with Gasteiger partial charge in [-0.1, -0.05) is 61.5 Å². The maximum atomic E-state index is 12.9. The van der Waals surface area contributed by atoms with Crippen molar-refractivity contribution in [1.29, 1.82) is 0 Å². The van der Waals surface area contributed by atoms with Crippen LogP contribution in [-0.4, -0.2) is 22.3 Å². The number of aryl methyl sites for hydroxylation is 1. The maximum Gasteiger partial charge on any atom is 0.229 e. The summed E-state index contributed by atoms with van der Waals surface area (Å²) in [4.78, 5) is 19.7. The molecule has 3 aromatic rings. The molecule has 1 saturated heterocycles. The lowest BCUT2D eigenvalue weighted by Gasteiger charge is -2.25. The van der Waals surface area contributed by atoms with Gasteiger partial charge in [-0.25, -0.2) is 4.98 Å². The number of carbonyl (C=O) groups excluding carboxylic acids is 1. The molecule has 1 aliphatic rings. The van der Waals surface area contributed by atoms with Gasteiger partial charge in [-0.3, -0.25) is 4.79 Å². The van der Waals surface area contributed by atoms with Gasteiger partial charge in [-0.15, -0.1) is 11.3 Å². The number of rotatable bonds is 5. The van der Waals surface area contributed by atoms with Crippen LogP contribution in [0.25, 0.3) is 10.6 Å². The highest BCUT2D eigenvalue weighted by Gasteiger charge is 2.30. The van der Waals surface area contributed by atoms with Crippen molar-refractivity contribution in [3.63, 3.8) is 0 Å². The van der Waals surface area contributed by atoms with Gasteiger partial charge in [-0.05, 0) is 30.4 Å². The van der Waals surface area contributed by atoms with Crippen LogP contribution >= 0.6 is 11.3 Å². The van der Waals surface area contributed by atoms with E-state index in [1.165, 1.54) is 11.1 Å². The summed E-state index contributed by atoms with van der Waals surface area (Å²) in [6.07, 6.45) is 3.53. The Labute approximate surface area is 164 Å². The molecule has 0 saturated carbocycles. The van der Waals surface area contributed by atoms with Crippen LogP contribution in [0.15, 0.2) is 60.0 Å². The Morgan fingerprint density at radius 3 is 2.67 bits per heavy atom. The molecule has 0 N–H and O–H groups in total. The lowest BCUT2D eigenvalue weighted by Crippen LogP contribution is -2.31. The Bertz CT molecular complexity index is 902. The van der Waals surface area contributed by atoms with E-state index >= 15 is 0 Å². The van der Waals surface area contributed by atoms with Crippen molar-refractivity contribution >= 4 is 17.2 Å². The zero-order chi connectivity index (χ0) is 18.6. The minimum absolute atomic E-state index is 0.180. The summed E-state index contributed by atoms with van der Waals surface area (Å²) in [5.41, 5.74) is 4.56. The summed E-state index contributed by atoms with van der Waals surface area (Å²) in [5.74, 6) is 0.180. The number of nitrogens with zero attached hydrogens (tertiary/aromatic N) is 2. The van der Waals surface area contributed by atoms with Crippen molar-refractivity contribution in [2.24, 2.45) is 0 Å². The summed E-state index contributed by atoms with van der Waals surface area (Å²) in [7, 11) is 0. The third kappa shape index (κ3) is 3.96. The zero-order valence-electron chi connectivity index (χ0n) is 15.6. The molecule has 1 aliphatic heterocycles. The van der Waals surface area contributed by atoms with Crippen LogP contribution in [0.5, 0.6) is 0 Å². The predicted octanol–water partition coefficient (Wildman–Crippen LogP) is 5.28. The first-order chi connectivity index (χ1) is 13.2. The highest BCUT2D eigenvalue weighted by atomic mass is 32.1. The SMILES string of the molecule is CCc1ccc(-c2nc(CC(=O)N3CCCC3c3ccccc3)cs2)cc1. The minimum Gasteiger partial charge on any atom is -0.335 e. The highest BCUT2D eigenvalue weighted by Crippen LogP contribution is 2.32. The van der Waals surface area contributed by atoms with Crippen LogP contribution in [0.4, 0.5) is 0 Å². The first-order valence-electron chi connectivity index (χ1n) is 9.62. The molecule has 1 fully saturated rings. The predicted molar refractivity (Wildman–Crippen MR) is 111 cm³/mol. The van der Waals surface area contributed by atoms with Crippen molar-refractivity contribution in [2.45, 2.75) is 38.6 Å². The van der Waals surface area contributed by atoms with Crippen molar-refractivity contribution in [1.82, 2.24) is 9.88 Å². The van der Waals surface area contributed by atoms with E-state index in [1.807, 2.05) is 28.5 Å². The van der Waals surface area contributed by atoms with Gasteiger partial charge in [0.1, 0.15) is 5.01 Å². The molecule has 3 nitrogen and oxygen atoms in total. The Balaban J connectivity index is 1.46. The fourth-order valence-corrected chi connectivity index (χ4v) is 4.57. The van der Waals surface area contributed by atoms with Crippen LogP contribution in [0.3, 0.4) is 0 Å². The molecule has 1 aromatic heterocycles. The topological polar surface area (TPSA) is 33.2 Å². The van der Waals surface area contributed by atoms with E-state index in [0.29, 0.717) is 6.42 Å². The lowest BCUT2D eigenvalue weighted by molar-refractivity contribution is -0.131. The Hall–Kier alpha value is -2.46. The summed E-state index contributed by atoms with van der Waals surface area (Å²) in [6.45, 7) is 3.00. The number of amides is 1. The molecule has 4 heteroatoms. The molecule has 4 rings (SSSR count). The van der Waals surface area contributed by atoms with E-state index in [4.69, 9.17) is 4.98 Å². The zero-order valence-corrected chi connectivity index (χ0v) is 16.4. The highest BCUT2D eigenvalue weighted by molar-refractivity contribution is 7.13. The summed E-state index contributed by atoms with van der Waals surface area (Å²) >= 11 is 1.62. The maximum absolute atomic E-state index is 12.9. The van der Waals surface area contributed by atoms with E-state index in [1.54, 1.807) is 11.3 Å². The first kappa shape index (κ1) is 17.9. The number of hydrogen-bond donors (Lipinski definition) is 0. The molecule has 1 unspecified atom stereocenters. The number of benzene rings is 2. The third-order valence-electron chi connectivity index (χ3n) is 5.25. The van der Waals surface area contributed by atoms with E-state index < -0.39 is 0 Å². The van der Waals surface area contributed by atoms with Gasteiger partial charge in [0, 0.05) is 17.5 Å². The fraction of sp³-hybridized carbons (Fsp3) is 0.304. The van der Waals surface area contributed by atoms with Crippen molar-refractivity contribution in [3.05, 3.63) is 76.8 Å². The van der Waals surface area contributed by atoms with Crippen LogP contribution in [0.1, 0.15) is 42.6 Å². The second kappa shape index (κ2) is 8.05. The van der Waals surface area contributed by atoms with Gasteiger partial charge in [-0.2, -0.15) is 0 Å². The second-order valence-corrected chi connectivity index (χ2v) is 7.89. The number of carbonyl (C=O) groups is 1. The molecular weight excluding hydrogens is 352 g/mol. The Morgan fingerprint density at radius 1 is 1.15 bits per heavy atom. The number of thiazole rings is 1. The summed E-state index contributed by atoms with van der Waals surface area (Å²) < 4.78 is 0. The van der Waals surface area contributed by atoms with Crippen LogP contribution in [0, 0.1) is 0 Å². The molecule has 1 atom stereocenters. The standard InChI is InChI=1S/C23H24N2OS/c1-2-17-10-12-19(13-11-17)23-24-20(16-27-23)15-22(26)25-14-6-9-21(25)18-7-4-3-5-8-18/h3-5,7-8,10-13,16,21H,2,6,9,14-15H2,1H3. The number of hydrogen-bond acceptors (Lipinski definition) is 3. The average molecular weight is 377 g/mol. The van der Waals surface area contributed by atoms with Gasteiger partial charge < -0.3 is 4.90 Å². The van der Waals surface area contributed by atoms with E-state index in [2.05, 4.69) is 43.3 Å². The molecular formula is C23H24N2OS. The van der Waals surface area contributed by atoms with Crippen molar-refractivity contribution in [2.75, 3.05) is 6.54 Å². The van der Waals surface area contributed by atoms with Crippen LogP contribution in [0.2, 0.25) is 0 Å². The Kier molecular flexibility index (Phi) is 5.35. The van der Waals surface area contributed by atoms with Gasteiger partial charge in [0.05, 0.1) is 18.2 Å². The normalized spacial score (nSPS) is 16.6. The number of aromatic nitrogens is 1. The molecule has 2 aromatic carbocycles. The van der Waals surface area contributed by atoms with Gasteiger partial charge in [0.25, 0.3) is 0 Å². The Morgan fingerprint density at radius 2 is 1.93 bits per heavy atom. The van der Waals surface area contributed by atoms with Crippen molar-refractivity contribution in [3.8, 4) is 10.6 Å². The number of likely N-dealkylation sites (tertiary alicyclic amines) is 1. The molecule has 2 heterocycles. The third-order valence-corrected chi connectivity index (χ3v) is 6.19. The summed E-state index contributed by atoms with van der Waals surface area (Å²) in [6, 6.07) is 19.1. The van der Waals surface area contributed by atoms with Gasteiger partial charge in [0.2, 0.25) is 5.91 Å². The van der Waals surface area contributed by atoms with Crippen LogP contribution in [-0.2, 0) is 17.6 Å². The molecule has 27 heavy (non-hydrogen) atoms. The molecule has 138 valence electrons. The summed E-state index contributed by atoms with van der Waals surface area (Å²) in [5, 5.41) is 3.01. The smallest absolute Gasteiger partial charge is 0.229 e. The van der Waals surface area contributed by atoms with Gasteiger partial charge >= 0.3 is 0 Å². The van der Waals surface area contributed by atoms with E-state index in [-0.39, 0.29) is 11.9 Å². The fourth-order valence-electron chi connectivity index (χ4n) is 3.75. The molecule has 0 aliphatic carbocycles. The van der Waals surface area contributed by atoms with Gasteiger partial charge in [0.15, 0.2) is 0 Å².